The number of anilines is 2. The number of hydrogen-bond donors (Lipinski definition) is 2. The second-order valence-electron chi connectivity index (χ2n) is 8.55. The number of carbonyl (C=O) groups excluding carboxylic acids is 1. The lowest BCUT2D eigenvalue weighted by Gasteiger charge is -2.31. The van der Waals surface area contributed by atoms with Gasteiger partial charge in [-0.2, -0.15) is 0 Å². The van der Waals surface area contributed by atoms with Gasteiger partial charge < -0.3 is 15.5 Å². The van der Waals surface area contributed by atoms with E-state index in [0.717, 1.165) is 30.1 Å². The van der Waals surface area contributed by atoms with Crippen molar-refractivity contribution in [1.29, 1.82) is 0 Å². The molecule has 0 aliphatic heterocycles. The Bertz CT molecular complexity index is 782. The first-order chi connectivity index (χ1) is 14.7. The van der Waals surface area contributed by atoms with Crippen LogP contribution in [-0.2, 0) is 12.8 Å². The van der Waals surface area contributed by atoms with Crippen molar-refractivity contribution >= 4 is 17.4 Å². The lowest BCUT2D eigenvalue weighted by molar-refractivity contribution is 0.214. The summed E-state index contributed by atoms with van der Waals surface area (Å²) in [6.07, 6.45) is 8.63. The van der Waals surface area contributed by atoms with Gasteiger partial charge in [-0.1, -0.05) is 51.0 Å². The molecule has 4 nitrogen and oxygen atoms in total. The summed E-state index contributed by atoms with van der Waals surface area (Å²) in [4.78, 5) is 15.0. The Kier molecular flexibility index (Phi) is 8.76. The number of aryl methyl sites for hydroxylation is 1. The molecule has 0 fully saturated rings. The number of nitrogens with zero attached hydrogens (tertiary/aromatic N) is 1. The molecule has 2 aromatic carbocycles. The summed E-state index contributed by atoms with van der Waals surface area (Å²) in [6.45, 7) is 8.25. The monoisotopic (exact) mass is 407 g/mol. The zero-order valence-electron chi connectivity index (χ0n) is 18.6. The maximum Gasteiger partial charge on any atom is 0.323 e. The zero-order valence-corrected chi connectivity index (χ0v) is 18.6. The van der Waals surface area contributed by atoms with Gasteiger partial charge in [-0.15, -0.1) is 0 Å². The third kappa shape index (κ3) is 6.88. The molecule has 2 N–H and O–H groups in total. The molecule has 0 saturated heterocycles. The Morgan fingerprint density at radius 3 is 2.33 bits per heavy atom. The van der Waals surface area contributed by atoms with Crippen LogP contribution in [0.25, 0.3) is 0 Å². The highest BCUT2D eigenvalue weighted by Crippen LogP contribution is 2.28. The van der Waals surface area contributed by atoms with Gasteiger partial charge in [-0.05, 0) is 86.5 Å². The van der Waals surface area contributed by atoms with Crippen LogP contribution in [0.4, 0.5) is 16.2 Å². The smallest absolute Gasteiger partial charge is 0.308 e. The fraction of sp³-hybridized carbons (Fsp3) is 0.500. The molecule has 2 amide bonds. The van der Waals surface area contributed by atoms with E-state index in [1.54, 1.807) is 0 Å². The van der Waals surface area contributed by atoms with Gasteiger partial charge in [-0.25, -0.2) is 4.79 Å². The fourth-order valence-corrected chi connectivity index (χ4v) is 4.30. The molecule has 1 aliphatic rings. The van der Waals surface area contributed by atoms with Gasteiger partial charge in [0.15, 0.2) is 0 Å². The molecular weight excluding hydrogens is 370 g/mol. The maximum absolute atomic E-state index is 12.3. The van der Waals surface area contributed by atoms with Crippen molar-refractivity contribution < 1.29 is 4.79 Å². The summed E-state index contributed by atoms with van der Waals surface area (Å²) in [6, 6.07) is 15.7. The van der Waals surface area contributed by atoms with Crippen LogP contribution in [0.2, 0.25) is 0 Å². The number of amides is 2. The quantitative estimate of drug-likeness (QED) is 0.483. The fourth-order valence-electron chi connectivity index (χ4n) is 4.30. The molecular formula is C26H37N3O. The second-order valence-corrected chi connectivity index (χ2v) is 8.55. The Labute approximate surface area is 182 Å². The maximum atomic E-state index is 12.3. The van der Waals surface area contributed by atoms with Crippen LogP contribution in [-0.4, -0.2) is 30.6 Å². The molecule has 3 rings (SSSR count). The molecule has 0 heterocycles. The van der Waals surface area contributed by atoms with E-state index in [1.165, 1.54) is 62.9 Å². The third-order valence-corrected chi connectivity index (χ3v) is 6.00. The number of urea groups is 1. The highest BCUT2D eigenvalue weighted by Gasteiger charge is 2.21. The van der Waals surface area contributed by atoms with Crippen molar-refractivity contribution in [2.75, 3.05) is 30.3 Å². The normalized spacial score (nSPS) is 15.6. The molecule has 1 unspecified atom stereocenters. The molecule has 0 spiro atoms. The van der Waals surface area contributed by atoms with Gasteiger partial charge in [0.25, 0.3) is 0 Å². The molecule has 0 saturated carbocycles. The van der Waals surface area contributed by atoms with E-state index in [1.807, 2.05) is 36.4 Å². The molecule has 1 atom stereocenters. The Morgan fingerprint density at radius 2 is 1.63 bits per heavy atom. The van der Waals surface area contributed by atoms with E-state index in [9.17, 15) is 4.79 Å². The molecule has 1 aliphatic carbocycles. The zero-order chi connectivity index (χ0) is 21.2. The van der Waals surface area contributed by atoms with Crippen molar-refractivity contribution in [3.63, 3.8) is 0 Å². The Balaban J connectivity index is 1.54. The first-order valence-corrected chi connectivity index (χ1v) is 11.6. The highest BCUT2D eigenvalue weighted by molar-refractivity contribution is 5.99. The topological polar surface area (TPSA) is 44.4 Å². The SMILES string of the molecule is CCCCN(CCCC)CC1CCc2cc(NC(=O)Nc3ccccc3)ccc2C1. The van der Waals surface area contributed by atoms with Crippen LogP contribution in [0, 0.1) is 5.92 Å². The average molecular weight is 408 g/mol. The van der Waals surface area contributed by atoms with Crippen LogP contribution in [0.1, 0.15) is 57.1 Å². The van der Waals surface area contributed by atoms with Crippen molar-refractivity contribution in [3.05, 3.63) is 59.7 Å². The van der Waals surface area contributed by atoms with E-state index in [4.69, 9.17) is 0 Å². The summed E-state index contributed by atoms with van der Waals surface area (Å²) in [5.41, 5.74) is 4.50. The molecule has 2 aromatic rings. The summed E-state index contributed by atoms with van der Waals surface area (Å²) in [5.74, 6) is 0.742. The van der Waals surface area contributed by atoms with E-state index >= 15 is 0 Å². The Morgan fingerprint density at radius 1 is 0.933 bits per heavy atom. The second kappa shape index (κ2) is 11.8. The van der Waals surface area contributed by atoms with E-state index in [0.29, 0.717) is 0 Å². The van der Waals surface area contributed by atoms with E-state index in [2.05, 4.69) is 41.5 Å². The molecule has 0 radical (unpaired) electrons. The molecule has 0 bridgehead atoms. The van der Waals surface area contributed by atoms with Crippen LogP contribution in [0.5, 0.6) is 0 Å². The van der Waals surface area contributed by atoms with Gasteiger partial charge in [0.05, 0.1) is 0 Å². The minimum Gasteiger partial charge on any atom is -0.308 e. The van der Waals surface area contributed by atoms with Gasteiger partial charge in [0.2, 0.25) is 0 Å². The lowest BCUT2D eigenvalue weighted by Crippen LogP contribution is -2.34. The highest BCUT2D eigenvalue weighted by atomic mass is 16.2. The minimum absolute atomic E-state index is 0.197. The summed E-state index contributed by atoms with van der Waals surface area (Å²) < 4.78 is 0. The van der Waals surface area contributed by atoms with E-state index < -0.39 is 0 Å². The number of nitrogens with one attached hydrogen (secondary N) is 2. The molecule has 30 heavy (non-hydrogen) atoms. The summed E-state index contributed by atoms with van der Waals surface area (Å²) in [5, 5.41) is 5.85. The van der Waals surface area contributed by atoms with E-state index in [-0.39, 0.29) is 6.03 Å². The first kappa shape index (κ1) is 22.4. The van der Waals surface area contributed by atoms with Crippen molar-refractivity contribution in [1.82, 2.24) is 4.90 Å². The Hall–Kier alpha value is -2.33. The summed E-state index contributed by atoms with van der Waals surface area (Å²) in [7, 11) is 0. The molecule has 4 heteroatoms. The van der Waals surface area contributed by atoms with Gasteiger partial charge in [0, 0.05) is 17.9 Å². The van der Waals surface area contributed by atoms with Gasteiger partial charge >= 0.3 is 6.03 Å². The number of hydrogen-bond acceptors (Lipinski definition) is 2. The number of rotatable bonds is 10. The van der Waals surface area contributed by atoms with Crippen LogP contribution >= 0.6 is 0 Å². The minimum atomic E-state index is -0.197. The predicted molar refractivity (Wildman–Crippen MR) is 127 cm³/mol. The number of fused-ring (bicyclic) bond motifs is 1. The number of para-hydroxylation sites is 1. The third-order valence-electron chi connectivity index (χ3n) is 6.00. The van der Waals surface area contributed by atoms with Crippen LogP contribution in [0.15, 0.2) is 48.5 Å². The number of benzene rings is 2. The largest absolute Gasteiger partial charge is 0.323 e. The standard InChI is InChI=1S/C26H37N3O/c1-3-5-16-29(17-6-4-2)20-21-12-13-23-19-25(15-14-22(23)18-21)28-26(30)27-24-10-8-7-9-11-24/h7-11,14-15,19,21H,3-6,12-13,16-18,20H2,1-2H3,(H2,27,28,30). The van der Waals surface area contributed by atoms with Gasteiger partial charge in [0.1, 0.15) is 0 Å². The number of carbonyl (C=O) groups is 1. The van der Waals surface area contributed by atoms with Crippen molar-refractivity contribution in [2.45, 2.75) is 58.8 Å². The summed E-state index contributed by atoms with van der Waals surface area (Å²) >= 11 is 0. The van der Waals surface area contributed by atoms with Crippen molar-refractivity contribution in [3.8, 4) is 0 Å². The lowest BCUT2D eigenvalue weighted by atomic mass is 9.83. The predicted octanol–water partition coefficient (Wildman–Crippen LogP) is 6.34. The number of unbranched alkanes of at least 4 members (excludes halogenated alkanes) is 2. The molecule has 0 aromatic heterocycles. The van der Waals surface area contributed by atoms with Gasteiger partial charge in [-0.3, -0.25) is 0 Å². The first-order valence-electron chi connectivity index (χ1n) is 11.6. The average Bonchev–Trinajstić information content (AvgIpc) is 2.76. The van der Waals surface area contributed by atoms with Crippen LogP contribution in [0.3, 0.4) is 0 Å². The van der Waals surface area contributed by atoms with Crippen molar-refractivity contribution in [2.24, 2.45) is 5.92 Å². The molecule has 162 valence electrons. The van der Waals surface area contributed by atoms with Crippen LogP contribution < -0.4 is 10.6 Å².